The van der Waals surface area contributed by atoms with Gasteiger partial charge in [-0.1, -0.05) is 11.6 Å². The Morgan fingerprint density at radius 2 is 2.23 bits per heavy atom. The number of allylic oxidation sites excluding steroid dienone is 1. The van der Waals surface area contributed by atoms with Crippen molar-refractivity contribution in [1.29, 1.82) is 5.26 Å². The molecule has 0 saturated carbocycles. The van der Waals surface area contributed by atoms with Crippen LogP contribution in [-0.4, -0.2) is 11.3 Å². The molecule has 2 aromatic heterocycles. The van der Waals surface area contributed by atoms with Gasteiger partial charge in [0.25, 0.3) is 0 Å². The third-order valence-corrected chi connectivity index (χ3v) is 5.82. The van der Waals surface area contributed by atoms with Crippen molar-refractivity contribution in [1.82, 2.24) is 4.98 Å². The molecule has 1 N–H and O–H groups in total. The number of nitrogens with one attached hydrogen (secondary N) is 1. The average molecular weight is 384 g/mol. The van der Waals surface area contributed by atoms with Crippen LogP contribution < -0.4 is 5.32 Å². The van der Waals surface area contributed by atoms with Crippen LogP contribution in [0.5, 0.6) is 0 Å². The number of nitrogens with zero attached hydrogens (tertiary/aromatic N) is 2. The molecule has 1 aromatic carbocycles. The Morgan fingerprint density at radius 1 is 1.38 bits per heavy atom. The highest BCUT2D eigenvalue weighted by molar-refractivity contribution is 7.16. The van der Waals surface area contributed by atoms with Crippen LogP contribution in [0.15, 0.2) is 28.8 Å². The summed E-state index contributed by atoms with van der Waals surface area (Å²) in [6.07, 6.45) is 6.42. The number of benzene rings is 1. The highest BCUT2D eigenvalue weighted by atomic mass is 35.5. The van der Waals surface area contributed by atoms with E-state index in [1.165, 1.54) is 11.1 Å². The van der Waals surface area contributed by atoms with Crippen molar-refractivity contribution in [2.75, 3.05) is 5.32 Å². The van der Waals surface area contributed by atoms with Gasteiger partial charge in [-0.3, -0.25) is 4.79 Å². The number of aryl methyl sites for hydroxylation is 1. The Hall–Kier alpha value is -2.62. The van der Waals surface area contributed by atoms with Crippen molar-refractivity contribution < 1.29 is 9.21 Å². The Kier molecular flexibility index (Phi) is 4.49. The Morgan fingerprint density at radius 3 is 3.04 bits per heavy atom. The first kappa shape index (κ1) is 16.8. The van der Waals surface area contributed by atoms with Gasteiger partial charge in [-0.25, -0.2) is 4.98 Å². The van der Waals surface area contributed by atoms with Crippen molar-refractivity contribution in [2.24, 2.45) is 0 Å². The van der Waals surface area contributed by atoms with Gasteiger partial charge in [0.2, 0.25) is 5.89 Å². The van der Waals surface area contributed by atoms with Crippen LogP contribution in [0, 0.1) is 11.3 Å². The summed E-state index contributed by atoms with van der Waals surface area (Å²) in [6, 6.07) is 7.39. The number of hydrogen-bond acceptors (Lipinski definition) is 6. The number of carbonyl (C=O) groups is 1. The number of oxazole rings is 1. The van der Waals surface area contributed by atoms with E-state index in [1.54, 1.807) is 29.5 Å². The van der Waals surface area contributed by atoms with E-state index in [-0.39, 0.29) is 11.5 Å². The van der Waals surface area contributed by atoms with Crippen LogP contribution in [0.4, 0.5) is 5.00 Å². The molecule has 0 atom stereocenters. The zero-order valence-electron chi connectivity index (χ0n) is 13.7. The first-order chi connectivity index (χ1) is 12.7. The molecule has 0 amide bonds. The predicted octanol–water partition coefficient (Wildman–Crippen LogP) is 4.95. The van der Waals surface area contributed by atoms with Crippen molar-refractivity contribution in [3.8, 4) is 6.07 Å². The molecule has 0 bridgehead atoms. The lowest BCUT2D eigenvalue weighted by Crippen LogP contribution is -2.00. The molecule has 0 aliphatic heterocycles. The zero-order valence-corrected chi connectivity index (χ0v) is 15.3. The topological polar surface area (TPSA) is 78.9 Å². The minimum Gasteiger partial charge on any atom is -0.436 e. The second-order valence-electron chi connectivity index (χ2n) is 6.02. The third-order valence-electron chi connectivity index (χ3n) is 4.37. The number of rotatable bonds is 4. The SMILES string of the molecule is N#Cc1c(NC=C(C=O)c2nc3cc(Cl)ccc3o2)sc2c1CCCC2. The fraction of sp³-hybridized carbons (Fsp3) is 0.211. The summed E-state index contributed by atoms with van der Waals surface area (Å²) < 4.78 is 5.63. The molecule has 5 nitrogen and oxygen atoms in total. The summed E-state index contributed by atoms with van der Waals surface area (Å²) in [4.78, 5) is 17.1. The molecule has 7 heteroatoms. The van der Waals surface area contributed by atoms with Gasteiger partial charge in [0.05, 0.1) is 11.1 Å². The first-order valence-corrected chi connectivity index (χ1v) is 9.42. The van der Waals surface area contributed by atoms with Crippen molar-refractivity contribution in [2.45, 2.75) is 25.7 Å². The fourth-order valence-electron chi connectivity index (χ4n) is 3.10. The number of thiophene rings is 1. The maximum absolute atomic E-state index is 11.5. The second-order valence-corrected chi connectivity index (χ2v) is 7.56. The van der Waals surface area contributed by atoms with Gasteiger partial charge >= 0.3 is 0 Å². The third kappa shape index (κ3) is 3.00. The summed E-state index contributed by atoms with van der Waals surface area (Å²) in [5.74, 6) is 0.213. The van der Waals surface area contributed by atoms with E-state index in [0.29, 0.717) is 28.0 Å². The van der Waals surface area contributed by atoms with Crippen LogP contribution in [0.2, 0.25) is 5.02 Å². The van der Waals surface area contributed by atoms with Crippen LogP contribution >= 0.6 is 22.9 Å². The minimum atomic E-state index is 0.213. The normalized spacial score (nSPS) is 14.1. The molecule has 4 rings (SSSR count). The van der Waals surface area contributed by atoms with Crippen molar-refractivity contribution in [3.63, 3.8) is 0 Å². The molecule has 26 heavy (non-hydrogen) atoms. The summed E-state index contributed by atoms with van der Waals surface area (Å²) >= 11 is 7.54. The number of hydrogen-bond donors (Lipinski definition) is 1. The lowest BCUT2D eigenvalue weighted by atomic mass is 9.96. The number of anilines is 1. The van der Waals surface area contributed by atoms with Crippen LogP contribution in [0.1, 0.15) is 34.7 Å². The molecular weight excluding hydrogens is 370 g/mol. The van der Waals surface area contributed by atoms with Gasteiger partial charge in [0.15, 0.2) is 11.9 Å². The fourth-order valence-corrected chi connectivity index (χ4v) is 4.47. The second kappa shape index (κ2) is 6.94. The molecule has 0 saturated heterocycles. The van der Waals surface area contributed by atoms with E-state index < -0.39 is 0 Å². The van der Waals surface area contributed by atoms with E-state index in [4.69, 9.17) is 16.0 Å². The Balaban J connectivity index is 1.67. The van der Waals surface area contributed by atoms with Gasteiger partial charge in [0.1, 0.15) is 16.6 Å². The molecule has 1 aliphatic rings. The highest BCUT2D eigenvalue weighted by Gasteiger charge is 2.20. The standard InChI is InChI=1S/C19H14ClN3O2S/c20-12-5-6-16-15(7-12)23-18(25-16)11(10-24)9-22-19-14(8-21)13-3-1-2-4-17(13)26-19/h5-7,9-10,22H,1-4H2. The maximum atomic E-state index is 11.5. The smallest absolute Gasteiger partial charge is 0.232 e. The zero-order chi connectivity index (χ0) is 18.1. The number of carbonyl (C=O) groups excluding carboxylic acids is 1. The van der Waals surface area contributed by atoms with Crippen LogP contribution in [0.3, 0.4) is 0 Å². The van der Waals surface area contributed by atoms with Gasteiger partial charge in [0, 0.05) is 16.1 Å². The van der Waals surface area contributed by atoms with E-state index in [1.807, 2.05) is 0 Å². The molecule has 1 aliphatic carbocycles. The van der Waals surface area contributed by atoms with Crippen LogP contribution in [-0.2, 0) is 17.6 Å². The van der Waals surface area contributed by atoms with Gasteiger partial charge in [-0.05, 0) is 49.4 Å². The van der Waals surface area contributed by atoms with Crippen molar-refractivity contribution in [3.05, 3.63) is 51.3 Å². The van der Waals surface area contributed by atoms with Gasteiger partial charge < -0.3 is 9.73 Å². The van der Waals surface area contributed by atoms with Crippen molar-refractivity contribution >= 4 is 50.9 Å². The molecule has 0 spiro atoms. The van der Waals surface area contributed by atoms with E-state index in [0.717, 1.165) is 36.2 Å². The summed E-state index contributed by atoms with van der Waals surface area (Å²) in [7, 11) is 0. The molecule has 0 fully saturated rings. The monoisotopic (exact) mass is 383 g/mol. The molecule has 0 radical (unpaired) electrons. The van der Waals surface area contributed by atoms with E-state index in [9.17, 15) is 10.1 Å². The number of nitriles is 1. The number of aromatic nitrogens is 1. The largest absolute Gasteiger partial charge is 0.436 e. The lowest BCUT2D eigenvalue weighted by molar-refractivity contribution is -0.103. The number of fused-ring (bicyclic) bond motifs is 2. The molecular formula is C19H14ClN3O2S. The molecule has 2 heterocycles. The number of halogens is 1. The molecule has 130 valence electrons. The highest BCUT2D eigenvalue weighted by Crippen LogP contribution is 2.37. The molecule has 0 unspecified atom stereocenters. The minimum absolute atomic E-state index is 0.213. The lowest BCUT2D eigenvalue weighted by Gasteiger charge is -2.09. The Bertz CT molecular complexity index is 1070. The molecule has 3 aromatic rings. The van der Waals surface area contributed by atoms with E-state index in [2.05, 4.69) is 16.4 Å². The van der Waals surface area contributed by atoms with E-state index >= 15 is 0 Å². The summed E-state index contributed by atoms with van der Waals surface area (Å²) in [5.41, 5.74) is 3.23. The first-order valence-electron chi connectivity index (χ1n) is 8.22. The Labute approximate surface area is 158 Å². The maximum Gasteiger partial charge on any atom is 0.232 e. The predicted molar refractivity (Wildman–Crippen MR) is 102 cm³/mol. The quantitative estimate of drug-likeness (QED) is 0.509. The number of aldehydes is 1. The summed E-state index contributed by atoms with van der Waals surface area (Å²) in [6.45, 7) is 0. The van der Waals surface area contributed by atoms with Crippen LogP contribution in [0.25, 0.3) is 16.7 Å². The average Bonchev–Trinajstić information content (AvgIpc) is 3.22. The van der Waals surface area contributed by atoms with Gasteiger partial charge in [-0.2, -0.15) is 5.26 Å². The summed E-state index contributed by atoms with van der Waals surface area (Å²) in [5, 5.41) is 13.9. The van der Waals surface area contributed by atoms with Gasteiger partial charge in [-0.15, -0.1) is 11.3 Å².